The van der Waals surface area contributed by atoms with E-state index >= 15 is 0 Å². The number of methoxy groups -OCH3 is 2. The average Bonchev–Trinajstić information content (AvgIpc) is 2.48. The number of carbonyl (C=O) groups excluding carboxylic acids is 1. The number of carbonyl (C=O) groups is 1. The fraction of sp³-hybridized carbons (Fsp3) is 0.143. The molecular weight excluding hydrogens is 294 g/mol. The van der Waals surface area contributed by atoms with Crippen molar-refractivity contribution in [1.82, 2.24) is 4.98 Å². The lowest BCUT2D eigenvalue weighted by Gasteiger charge is -2.13. The molecule has 0 atom stereocenters. The molecular formula is C14H14ClN3O3. The molecule has 0 aliphatic carbocycles. The van der Waals surface area contributed by atoms with Gasteiger partial charge in [-0.2, -0.15) is 0 Å². The molecule has 1 heterocycles. The zero-order valence-electron chi connectivity index (χ0n) is 11.5. The van der Waals surface area contributed by atoms with E-state index in [1.54, 1.807) is 12.1 Å². The van der Waals surface area contributed by atoms with Crippen LogP contribution in [0.25, 0.3) is 0 Å². The fourth-order valence-corrected chi connectivity index (χ4v) is 2.00. The maximum atomic E-state index is 12.2. The summed E-state index contributed by atoms with van der Waals surface area (Å²) in [7, 11) is 2.98. The van der Waals surface area contributed by atoms with Crippen molar-refractivity contribution in [2.75, 3.05) is 25.3 Å². The Morgan fingerprint density at radius 1 is 1.29 bits per heavy atom. The Bertz CT molecular complexity index is 677. The van der Waals surface area contributed by atoms with E-state index in [0.717, 1.165) is 0 Å². The number of pyridine rings is 1. The molecule has 6 nitrogen and oxygen atoms in total. The SMILES string of the molecule is COc1cc(OC)c(NC(=O)c2ccncc2N)cc1Cl. The molecule has 0 unspecified atom stereocenters. The Morgan fingerprint density at radius 2 is 2.00 bits per heavy atom. The fourth-order valence-electron chi connectivity index (χ4n) is 1.76. The summed E-state index contributed by atoms with van der Waals surface area (Å²) in [4.78, 5) is 16.1. The van der Waals surface area contributed by atoms with Gasteiger partial charge in [0.05, 0.1) is 42.4 Å². The second kappa shape index (κ2) is 6.32. The molecule has 0 spiro atoms. The Balaban J connectivity index is 2.33. The Morgan fingerprint density at radius 3 is 2.62 bits per heavy atom. The van der Waals surface area contributed by atoms with Crippen LogP contribution >= 0.6 is 11.6 Å². The molecule has 0 aliphatic rings. The molecule has 0 aliphatic heterocycles. The van der Waals surface area contributed by atoms with Gasteiger partial charge in [-0.05, 0) is 12.1 Å². The number of rotatable bonds is 4. The summed E-state index contributed by atoms with van der Waals surface area (Å²) < 4.78 is 10.3. The number of nitrogens with two attached hydrogens (primary N) is 1. The van der Waals surface area contributed by atoms with Gasteiger partial charge in [0, 0.05) is 12.3 Å². The third-order valence-corrected chi connectivity index (χ3v) is 3.11. The van der Waals surface area contributed by atoms with Crippen molar-refractivity contribution in [2.24, 2.45) is 0 Å². The van der Waals surface area contributed by atoms with Crippen molar-refractivity contribution in [3.8, 4) is 11.5 Å². The minimum Gasteiger partial charge on any atom is -0.495 e. The summed E-state index contributed by atoms with van der Waals surface area (Å²) in [5, 5.41) is 3.06. The van der Waals surface area contributed by atoms with Crippen LogP contribution in [0.15, 0.2) is 30.6 Å². The van der Waals surface area contributed by atoms with Gasteiger partial charge in [0.25, 0.3) is 5.91 Å². The molecule has 21 heavy (non-hydrogen) atoms. The molecule has 1 aromatic carbocycles. The van der Waals surface area contributed by atoms with E-state index in [2.05, 4.69) is 10.3 Å². The topological polar surface area (TPSA) is 86.5 Å². The second-order valence-electron chi connectivity index (χ2n) is 4.10. The Hall–Kier alpha value is -2.47. The van der Waals surface area contributed by atoms with Crippen LogP contribution in [0.2, 0.25) is 5.02 Å². The van der Waals surface area contributed by atoms with Gasteiger partial charge in [0.1, 0.15) is 11.5 Å². The highest BCUT2D eigenvalue weighted by Gasteiger charge is 2.15. The van der Waals surface area contributed by atoms with Crippen LogP contribution < -0.4 is 20.5 Å². The maximum absolute atomic E-state index is 12.2. The zero-order valence-corrected chi connectivity index (χ0v) is 12.3. The average molecular weight is 308 g/mol. The highest BCUT2D eigenvalue weighted by molar-refractivity contribution is 6.32. The van der Waals surface area contributed by atoms with Gasteiger partial charge in [0.2, 0.25) is 0 Å². The van der Waals surface area contributed by atoms with Crippen LogP contribution in [0.3, 0.4) is 0 Å². The van der Waals surface area contributed by atoms with Crippen LogP contribution in [0.4, 0.5) is 11.4 Å². The van der Waals surface area contributed by atoms with Crippen molar-refractivity contribution >= 4 is 28.9 Å². The number of hydrogen-bond donors (Lipinski definition) is 2. The summed E-state index contributed by atoms with van der Waals surface area (Å²) in [6.45, 7) is 0. The molecule has 0 bridgehead atoms. The van der Waals surface area contributed by atoms with Crippen molar-refractivity contribution in [3.63, 3.8) is 0 Å². The molecule has 7 heteroatoms. The minimum absolute atomic E-state index is 0.286. The number of nitrogens with one attached hydrogen (secondary N) is 1. The van der Waals surface area contributed by atoms with E-state index in [9.17, 15) is 4.79 Å². The maximum Gasteiger partial charge on any atom is 0.257 e. The van der Waals surface area contributed by atoms with Gasteiger partial charge >= 0.3 is 0 Å². The molecule has 0 saturated carbocycles. The van der Waals surface area contributed by atoms with Crippen molar-refractivity contribution in [3.05, 3.63) is 41.2 Å². The van der Waals surface area contributed by atoms with E-state index in [1.807, 2.05) is 0 Å². The van der Waals surface area contributed by atoms with Crippen LogP contribution in [-0.2, 0) is 0 Å². The number of hydrogen-bond acceptors (Lipinski definition) is 5. The van der Waals surface area contributed by atoms with E-state index in [4.69, 9.17) is 26.8 Å². The first-order valence-corrected chi connectivity index (χ1v) is 6.37. The standard InChI is InChI=1S/C14H14ClN3O3/c1-20-12-6-13(21-2)11(5-9(12)15)18-14(19)8-3-4-17-7-10(8)16/h3-7H,16H2,1-2H3,(H,18,19). The van der Waals surface area contributed by atoms with Gasteiger partial charge in [0.15, 0.2) is 0 Å². The first kappa shape index (κ1) is 14.9. The number of halogens is 1. The second-order valence-corrected chi connectivity index (χ2v) is 4.51. The predicted molar refractivity (Wildman–Crippen MR) is 81.2 cm³/mol. The molecule has 0 saturated heterocycles. The van der Waals surface area contributed by atoms with Gasteiger partial charge in [-0.25, -0.2) is 0 Å². The van der Waals surface area contributed by atoms with Gasteiger partial charge in [-0.1, -0.05) is 11.6 Å². The number of amides is 1. The quantitative estimate of drug-likeness (QED) is 0.906. The third kappa shape index (κ3) is 3.17. The highest BCUT2D eigenvalue weighted by atomic mass is 35.5. The minimum atomic E-state index is -0.380. The number of nitrogens with zero attached hydrogens (tertiary/aromatic N) is 1. The molecule has 2 rings (SSSR count). The van der Waals surface area contributed by atoms with Crippen molar-refractivity contribution < 1.29 is 14.3 Å². The summed E-state index contributed by atoms with van der Waals surface area (Å²) in [6, 6.07) is 4.67. The number of ether oxygens (including phenoxy) is 2. The molecule has 0 radical (unpaired) electrons. The summed E-state index contributed by atoms with van der Waals surface area (Å²) in [6.07, 6.45) is 2.90. The monoisotopic (exact) mass is 307 g/mol. The van der Waals surface area contributed by atoms with Crippen LogP contribution in [-0.4, -0.2) is 25.1 Å². The third-order valence-electron chi connectivity index (χ3n) is 2.82. The van der Waals surface area contributed by atoms with Gasteiger partial charge < -0.3 is 20.5 Å². The number of aromatic nitrogens is 1. The first-order chi connectivity index (χ1) is 10.1. The van der Waals surface area contributed by atoms with Gasteiger partial charge in [-0.15, -0.1) is 0 Å². The summed E-state index contributed by atoms with van der Waals surface area (Å²) in [5.74, 6) is 0.501. The van der Waals surface area contributed by atoms with Crippen LogP contribution in [0.5, 0.6) is 11.5 Å². The smallest absolute Gasteiger partial charge is 0.257 e. The summed E-state index contributed by atoms with van der Waals surface area (Å²) >= 11 is 6.05. The lowest BCUT2D eigenvalue weighted by molar-refractivity contribution is 0.102. The highest BCUT2D eigenvalue weighted by Crippen LogP contribution is 2.36. The van der Waals surface area contributed by atoms with Crippen molar-refractivity contribution in [1.29, 1.82) is 0 Å². The van der Waals surface area contributed by atoms with Crippen LogP contribution in [0, 0.1) is 0 Å². The van der Waals surface area contributed by atoms with E-state index in [1.165, 1.54) is 32.7 Å². The van der Waals surface area contributed by atoms with Crippen LogP contribution in [0.1, 0.15) is 10.4 Å². The lowest BCUT2D eigenvalue weighted by Crippen LogP contribution is -2.15. The number of benzene rings is 1. The molecule has 1 aromatic heterocycles. The molecule has 3 N–H and O–H groups in total. The summed E-state index contributed by atoms with van der Waals surface area (Å²) in [5.41, 5.74) is 6.75. The first-order valence-electron chi connectivity index (χ1n) is 5.99. The van der Waals surface area contributed by atoms with Crippen molar-refractivity contribution in [2.45, 2.75) is 0 Å². The van der Waals surface area contributed by atoms with Gasteiger partial charge in [-0.3, -0.25) is 9.78 Å². The normalized spacial score (nSPS) is 10.0. The van der Waals surface area contributed by atoms with E-state index in [0.29, 0.717) is 27.8 Å². The Labute approximate surface area is 126 Å². The Kier molecular flexibility index (Phi) is 4.49. The molecule has 2 aromatic rings. The van der Waals surface area contributed by atoms with E-state index < -0.39 is 0 Å². The lowest BCUT2D eigenvalue weighted by atomic mass is 10.2. The van der Waals surface area contributed by atoms with E-state index in [-0.39, 0.29) is 11.6 Å². The number of nitrogen functional groups attached to an aromatic ring is 1. The molecule has 110 valence electrons. The number of anilines is 2. The predicted octanol–water partition coefficient (Wildman–Crippen LogP) is 2.59. The molecule has 0 fully saturated rings. The zero-order chi connectivity index (χ0) is 15.4. The largest absolute Gasteiger partial charge is 0.495 e. The molecule has 1 amide bonds.